The number of benzene rings is 2. The number of rotatable bonds is 5. The Balaban J connectivity index is 1.54. The average Bonchev–Trinajstić information content (AvgIpc) is 3.11. The number of aryl methyl sites for hydroxylation is 2. The fourth-order valence-corrected chi connectivity index (χ4v) is 5.82. The van der Waals surface area contributed by atoms with Gasteiger partial charge in [0.15, 0.2) is 0 Å². The molecule has 1 aliphatic rings. The minimum atomic E-state index is -3.67. The summed E-state index contributed by atoms with van der Waals surface area (Å²) in [5, 5.41) is 11.9. The SMILES string of the molecule is CC(O)(CNS(=O)(=O)c1ccc2c(c1)CCCC2)c1cc2ccccc2s1. The van der Waals surface area contributed by atoms with E-state index >= 15 is 0 Å². The van der Waals surface area contributed by atoms with Gasteiger partial charge in [0.1, 0.15) is 5.60 Å². The number of aliphatic hydroxyl groups is 1. The minimum absolute atomic E-state index is 0.0702. The molecule has 1 aromatic heterocycles. The second-order valence-electron chi connectivity index (χ2n) is 7.38. The van der Waals surface area contributed by atoms with E-state index in [1.54, 1.807) is 19.1 Å². The highest BCUT2D eigenvalue weighted by molar-refractivity contribution is 7.89. The first-order valence-electron chi connectivity index (χ1n) is 9.18. The van der Waals surface area contributed by atoms with E-state index in [4.69, 9.17) is 0 Å². The Bertz CT molecular complexity index is 1050. The molecule has 2 aromatic carbocycles. The van der Waals surface area contributed by atoms with Crippen LogP contribution in [0, 0.1) is 0 Å². The fraction of sp³-hybridized carbons (Fsp3) is 0.333. The van der Waals surface area contributed by atoms with Crippen molar-refractivity contribution < 1.29 is 13.5 Å². The van der Waals surface area contributed by atoms with Gasteiger partial charge in [0.25, 0.3) is 0 Å². The Labute approximate surface area is 163 Å². The molecule has 0 amide bonds. The van der Waals surface area contributed by atoms with Gasteiger partial charge in [0.2, 0.25) is 10.0 Å². The van der Waals surface area contributed by atoms with Crippen LogP contribution in [-0.2, 0) is 28.5 Å². The third kappa shape index (κ3) is 3.80. The highest BCUT2D eigenvalue weighted by atomic mass is 32.2. The molecule has 1 unspecified atom stereocenters. The van der Waals surface area contributed by atoms with Gasteiger partial charge in [-0.3, -0.25) is 0 Å². The molecular weight excluding hydrogens is 378 g/mol. The summed E-state index contributed by atoms with van der Waals surface area (Å²) in [6.07, 6.45) is 4.21. The molecule has 0 bridgehead atoms. The molecule has 4 rings (SSSR count). The van der Waals surface area contributed by atoms with Crippen molar-refractivity contribution in [1.29, 1.82) is 0 Å². The molecule has 27 heavy (non-hydrogen) atoms. The molecule has 1 atom stereocenters. The zero-order chi connectivity index (χ0) is 19.1. The van der Waals surface area contributed by atoms with Crippen molar-refractivity contribution in [3.05, 3.63) is 64.5 Å². The Hall–Kier alpha value is -1.73. The van der Waals surface area contributed by atoms with Crippen molar-refractivity contribution in [2.75, 3.05) is 6.54 Å². The van der Waals surface area contributed by atoms with E-state index in [2.05, 4.69) is 4.72 Å². The Morgan fingerprint density at radius 2 is 1.81 bits per heavy atom. The summed E-state index contributed by atoms with van der Waals surface area (Å²) in [6.45, 7) is 1.58. The van der Waals surface area contributed by atoms with Gasteiger partial charge in [-0.25, -0.2) is 13.1 Å². The van der Waals surface area contributed by atoms with E-state index in [0.29, 0.717) is 0 Å². The fourth-order valence-electron chi connectivity index (χ4n) is 3.53. The van der Waals surface area contributed by atoms with Crippen LogP contribution in [0.25, 0.3) is 10.1 Å². The van der Waals surface area contributed by atoms with Crippen LogP contribution in [0.4, 0.5) is 0 Å². The second-order valence-corrected chi connectivity index (χ2v) is 10.2. The average molecular weight is 402 g/mol. The number of thiophene rings is 1. The summed E-state index contributed by atoms with van der Waals surface area (Å²) in [6, 6.07) is 15.2. The summed E-state index contributed by atoms with van der Waals surface area (Å²) < 4.78 is 29.2. The van der Waals surface area contributed by atoms with Crippen LogP contribution in [0.15, 0.2) is 53.4 Å². The van der Waals surface area contributed by atoms with E-state index in [9.17, 15) is 13.5 Å². The standard InChI is InChI=1S/C21H23NO3S2/c1-21(23,20-13-17-8-4-5-9-19(17)26-20)14-22-27(24,25)18-11-10-15-6-2-3-7-16(15)12-18/h4-5,8-13,22-23H,2-3,6-7,14H2,1H3. The lowest BCUT2D eigenvalue weighted by Gasteiger charge is -2.23. The summed E-state index contributed by atoms with van der Waals surface area (Å²) in [5.41, 5.74) is 1.10. The predicted molar refractivity (Wildman–Crippen MR) is 110 cm³/mol. The summed E-state index contributed by atoms with van der Waals surface area (Å²) in [5.74, 6) is 0. The van der Waals surface area contributed by atoms with Crippen LogP contribution in [0.2, 0.25) is 0 Å². The molecular formula is C21H23NO3S2. The van der Waals surface area contributed by atoms with Crippen LogP contribution in [0.5, 0.6) is 0 Å². The van der Waals surface area contributed by atoms with Crippen LogP contribution in [0.1, 0.15) is 35.8 Å². The van der Waals surface area contributed by atoms with Crippen LogP contribution < -0.4 is 4.72 Å². The van der Waals surface area contributed by atoms with Crippen molar-refractivity contribution in [1.82, 2.24) is 4.72 Å². The molecule has 2 N–H and O–H groups in total. The zero-order valence-corrected chi connectivity index (χ0v) is 16.9. The molecule has 0 saturated carbocycles. The normalized spacial score (nSPS) is 16.8. The van der Waals surface area contributed by atoms with E-state index in [-0.39, 0.29) is 11.4 Å². The largest absolute Gasteiger partial charge is 0.383 e. The molecule has 1 aliphatic carbocycles. The molecule has 6 heteroatoms. The lowest BCUT2D eigenvalue weighted by Crippen LogP contribution is -2.38. The number of fused-ring (bicyclic) bond motifs is 2. The first-order chi connectivity index (χ1) is 12.9. The summed E-state index contributed by atoms with van der Waals surface area (Å²) in [7, 11) is -3.67. The lowest BCUT2D eigenvalue weighted by atomic mass is 9.92. The van der Waals surface area contributed by atoms with Crippen LogP contribution in [-0.4, -0.2) is 20.1 Å². The molecule has 0 spiro atoms. The molecule has 0 aliphatic heterocycles. The molecule has 142 valence electrons. The molecule has 0 saturated heterocycles. The van der Waals surface area contributed by atoms with Gasteiger partial charge in [-0.1, -0.05) is 24.3 Å². The van der Waals surface area contributed by atoms with Crippen LogP contribution in [0.3, 0.4) is 0 Å². The van der Waals surface area contributed by atoms with Gasteiger partial charge in [-0.05, 0) is 73.4 Å². The molecule has 3 aromatic rings. The summed E-state index contributed by atoms with van der Waals surface area (Å²) >= 11 is 1.48. The Kier molecular flexibility index (Phi) is 4.84. The topological polar surface area (TPSA) is 66.4 Å². The van der Waals surface area contributed by atoms with E-state index in [0.717, 1.165) is 46.2 Å². The van der Waals surface area contributed by atoms with Crippen molar-refractivity contribution in [2.24, 2.45) is 0 Å². The van der Waals surface area contributed by atoms with Crippen LogP contribution >= 0.6 is 11.3 Å². The number of nitrogens with one attached hydrogen (secondary N) is 1. The van der Waals surface area contributed by atoms with Gasteiger partial charge < -0.3 is 5.11 Å². The van der Waals surface area contributed by atoms with Gasteiger partial charge in [0, 0.05) is 16.1 Å². The maximum absolute atomic E-state index is 12.7. The van der Waals surface area contributed by atoms with Gasteiger partial charge >= 0.3 is 0 Å². The maximum atomic E-state index is 12.7. The zero-order valence-electron chi connectivity index (χ0n) is 15.2. The Morgan fingerprint density at radius 1 is 1.07 bits per heavy atom. The first-order valence-corrected chi connectivity index (χ1v) is 11.5. The predicted octanol–water partition coefficient (Wildman–Crippen LogP) is 3.97. The monoisotopic (exact) mass is 401 g/mol. The smallest absolute Gasteiger partial charge is 0.240 e. The third-order valence-corrected chi connectivity index (χ3v) is 7.96. The number of sulfonamides is 1. The highest BCUT2D eigenvalue weighted by Gasteiger charge is 2.28. The van der Waals surface area contributed by atoms with Crippen molar-refractivity contribution >= 4 is 31.4 Å². The van der Waals surface area contributed by atoms with Gasteiger partial charge in [-0.2, -0.15) is 0 Å². The lowest BCUT2D eigenvalue weighted by molar-refractivity contribution is 0.0666. The second kappa shape index (κ2) is 7.02. The number of hydrogen-bond acceptors (Lipinski definition) is 4. The number of hydrogen-bond donors (Lipinski definition) is 2. The first kappa shape index (κ1) is 18.6. The quantitative estimate of drug-likeness (QED) is 0.680. The maximum Gasteiger partial charge on any atom is 0.240 e. The van der Waals surface area contributed by atoms with Crippen molar-refractivity contribution in [3.63, 3.8) is 0 Å². The van der Waals surface area contributed by atoms with E-state index < -0.39 is 15.6 Å². The van der Waals surface area contributed by atoms with Crippen molar-refractivity contribution in [2.45, 2.75) is 43.1 Å². The molecule has 1 heterocycles. The van der Waals surface area contributed by atoms with E-state index in [1.807, 2.05) is 36.4 Å². The highest BCUT2D eigenvalue weighted by Crippen LogP contribution is 2.33. The van der Waals surface area contributed by atoms with Crippen molar-refractivity contribution in [3.8, 4) is 0 Å². The minimum Gasteiger partial charge on any atom is -0.383 e. The molecule has 0 radical (unpaired) electrons. The van der Waals surface area contributed by atoms with E-state index in [1.165, 1.54) is 16.9 Å². The Morgan fingerprint density at radius 3 is 2.59 bits per heavy atom. The molecule has 4 nitrogen and oxygen atoms in total. The third-order valence-electron chi connectivity index (χ3n) is 5.19. The van der Waals surface area contributed by atoms with Gasteiger partial charge in [0.05, 0.1) is 4.90 Å². The summed E-state index contributed by atoms with van der Waals surface area (Å²) in [4.78, 5) is 1.02. The molecule has 0 fully saturated rings. The van der Waals surface area contributed by atoms with Gasteiger partial charge in [-0.15, -0.1) is 11.3 Å².